The van der Waals surface area contributed by atoms with Gasteiger partial charge >= 0.3 is 0 Å². The van der Waals surface area contributed by atoms with E-state index in [2.05, 4.69) is 41.9 Å². The summed E-state index contributed by atoms with van der Waals surface area (Å²) in [5, 5.41) is 13.9. The van der Waals surface area contributed by atoms with Crippen molar-refractivity contribution in [1.29, 1.82) is 0 Å². The fourth-order valence-corrected chi connectivity index (χ4v) is 4.23. The lowest BCUT2D eigenvalue weighted by Gasteiger charge is -2.24. The van der Waals surface area contributed by atoms with Crippen molar-refractivity contribution in [2.45, 2.75) is 24.0 Å². The third-order valence-corrected chi connectivity index (χ3v) is 5.46. The highest BCUT2D eigenvalue weighted by Gasteiger charge is 2.31. The van der Waals surface area contributed by atoms with Crippen molar-refractivity contribution in [3.63, 3.8) is 0 Å². The molecule has 0 fully saturated rings. The summed E-state index contributed by atoms with van der Waals surface area (Å²) in [6.45, 7) is 1.12. The van der Waals surface area contributed by atoms with Gasteiger partial charge in [0.1, 0.15) is 0 Å². The summed E-state index contributed by atoms with van der Waals surface area (Å²) in [5.41, 5.74) is 5.29. The van der Waals surface area contributed by atoms with Crippen LogP contribution in [0, 0.1) is 0 Å². The SMILES string of the molecule is CSCc1cccc2c1NCC2C(CCO)c1ccc(Cl)cc1. The molecule has 0 amide bonds. The number of anilines is 1. The molecule has 0 bridgehead atoms. The lowest BCUT2D eigenvalue weighted by Crippen LogP contribution is -2.15. The van der Waals surface area contributed by atoms with Gasteiger partial charge in [0.2, 0.25) is 0 Å². The zero-order valence-electron chi connectivity index (χ0n) is 13.3. The van der Waals surface area contributed by atoms with Gasteiger partial charge in [-0.25, -0.2) is 0 Å². The van der Waals surface area contributed by atoms with Gasteiger partial charge in [-0.15, -0.1) is 0 Å². The Kier molecular flexibility index (Phi) is 5.52. The number of aliphatic hydroxyl groups is 1. The van der Waals surface area contributed by atoms with Gasteiger partial charge in [0.25, 0.3) is 0 Å². The van der Waals surface area contributed by atoms with E-state index in [1.165, 1.54) is 22.4 Å². The Bertz CT molecular complexity index is 659. The second-order valence-corrected chi connectivity index (χ2v) is 7.27. The monoisotopic (exact) mass is 347 g/mol. The molecule has 0 saturated heterocycles. The van der Waals surface area contributed by atoms with E-state index < -0.39 is 0 Å². The molecule has 122 valence electrons. The largest absolute Gasteiger partial charge is 0.396 e. The maximum absolute atomic E-state index is 9.55. The Morgan fingerprint density at radius 1 is 1.26 bits per heavy atom. The molecule has 1 aliphatic heterocycles. The topological polar surface area (TPSA) is 32.3 Å². The number of hydrogen-bond acceptors (Lipinski definition) is 3. The van der Waals surface area contributed by atoms with Crippen LogP contribution in [0.1, 0.15) is 34.9 Å². The molecule has 0 aromatic heterocycles. The highest BCUT2D eigenvalue weighted by molar-refractivity contribution is 7.97. The third-order valence-electron chi connectivity index (χ3n) is 4.61. The number of halogens is 1. The maximum atomic E-state index is 9.55. The molecule has 0 spiro atoms. The van der Waals surface area contributed by atoms with Crippen LogP contribution in [0.15, 0.2) is 42.5 Å². The molecule has 1 aliphatic rings. The van der Waals surface area contributed by atoms with Crippen molar-refractivity contribution in [2.75, 3.05) is 24.7 Å². The Hall–Kier alpha value is -1.16. The molecule has 23 heavy (non-hydrogen) atoms. The minimum atomic E-state index is 0.198. The van der Waals surface area contributed by atoms with E-state index in [1.807, 2.05) is 23.9 Å². The average Bonchev–Trinajstić information content (AvgIpc) is 2.99. The molecule has 4 heteroatoms. The van der Waals surface area contributed by atoms with E-state index in [1.54, 1.807) is 0 Å². The fourth-order valence-electron chi connectivity index (χ4n) is 3.55. The van der Waals surface area contributed by atoms with Crippen LogP contribution in [0.3, 0.4) is 0 Å². The Morgan fingerprint density at radius 2 is 2.04 bits per heavy atom. The molecule has 2 unspecified atom stereocenters. The van der Waals surface area contributed by atoms with Crippen LogP contribution in [-0.2, 0) is 5.75 Å². The molecular weight excluding hydrogens is 326 g/mol. The Labute approximate surface area is 147 Å². The van der Waals surface area contributed by atoms with Crippen LogP contribution in [0.2, 0.25) is 5.02 Å². The standard InChI is InChI=1S/C19H22ClNOS/c1-23-12-14-3-2-4-17-18(11-21-19(14)17)16(9-10-22)13-5-7-15(20)8-6-13/h2-8,16,18,21-22H,9-12H2,1H3. The van der Waals surface area contributed by atoms with Crippen LogP contribution in [-0.4, -0.2) is 24.5 Å². The van der Waals surface area contributed by atoms with E-state index in [0.29, 0.717) is 11.8 Å². The van der Waals surface area contributed by atoms with E-state index in [9.17, 15) is 5.11 Å². The van der Waals surface area contributed by atoms with Gasteiger partial charge in [-0.3, -0.25) is 0 Å². The normalized spacial score (nSPS) is 17.6. The molecule has 2 aromatic rings. The molecule has 0 aliphatic carbocycles. The first-order chi connectivity index (χ1) is 11.2. The predicted molar refractivity (Wildman–Crippen MR) is 101 cm³/mol. The fraction of sp³-hybridized carbons (Fsp3) is 0.368. The van der Waals surface area contributed by atoms with E-state index in [-0.39, 0.29) is 6.61 Å². The lowest BCUT2D eigenvalue weighted by atomic mass is 9.80. The van der Waals surface area contributed by atoms with E-state index >= 15 is 0 Å². The van der Waals surface area contributed by atoms with Crippen molar-refractivity contribution in [3.8, 4) is 0 Å². The molecule has 3 rings (SSSR count). The summed E-state index contributed by atoms with van der Waals surface area (Å²) in [6.07, 6.45) is 2.90. The number of rotatable bonds is 6. The van der Waals surface area contributed by atoms with Crippen LogP contribution in [0.5, 0.6) is 0 Å². The average molecular weight is 348 g/mol. The Morgan fingerprint density at radius 3 is 2.74 bits per heavy atom. The highest BCUT2D eigenvalue weighted by atomic mass is 35.5. The minimum absolute atomic E-state index is 0.198. The van der Waals surface area contributed by atoms with Crippen LogP contribution < -0.4 is 5.32 Å². The Balaban J connectivity index is 1.94. The zero-order valence-corrected chi connectivity index (χ0v) is 14.8. The summed E-state index contributed by atoms with van der Waals surface area (Å²) in [4.78, 5) is 0. The van der Waals surface area contributed by atoms with Crippen LogP contribution in [0.4, 0.5) is 5.69 Å². The van der Waals surface area contributed by atoms with Gasteiger partial charge in [0.05, 0.1) is 0 Å². The van der Waals surface area contributed by atoms with Crippen molar-refractivity contribution < 1.29 is 5.11 Å². The number of aliphatic hydroxyl groups excluding tert-OH is 1. The number of benzene rings is 2. The van der Waals surface area contributed by atoms with Crippen molar-refractivity contribution in [1.82, 2.24) is 0 Å². The zero-order chi connectivity index (χ0) is 16.2. The van der Waals surface area contributed by atoms with Crippen molar-refractivity contribution in [3.05, 3.63) is 64.2 Å². The summed E-state index contributed by atoms with van der Waals surface area (Å²) in [5.74, 6) is 1.71. The number of hydrogen-bond donors (Lipinski definition) is 2. The summed E-state index contributed by atoms with van der Waals surface area (Å²) in [6, 6.07) is 14.6. The molecule has 2 N–H and O–H groups in total. The van der Waals surface area contributed by atoms with Gasteiger partial charge in [0, 0.05) is 35.5 Å². The van der Waals surface area contributed by atoms with Crippen molar-refractivity contribution in [2.24, 2.45) is 0 Å². The molecule has 1 heterocycles. The lowest BCUT2D eigenvalue weighted by molar-refractivity contribution is 0.269. The highest BCUT2D eigenvalue weighted by Crippen LogP contribution is 2.44. The first kappa shape index (κ1) is 16.7. The van der Waals surface area contributed by atoms with Gasteiger partial charge in [-0.05, 0) is 47.4 Å². The first-order valence-corrected chi connectivity index (χ1v) is 9.72. The summed E-state index contributed by atoms with van der Waals surface area (Å²) in [7, 11) is 0. The number of fused-ring (bicyclic) bond motifs is 1. The second kappa shape index (κ2) is 7.61. The summed E-state index contributed by atoms with van der Waals surface area (Å²) < 4.78 is 0. The van der Waals surface area contributed by atoms with Crippen molar-refractivity contribution >= 4 is 29.1 Å². The minimum Gasteiger partial charge on any atom is -0.396 e. The summed E-state index contributed by atoms with van der Waals surface area (Å²) >= 11 is 7.87. The number of thioether (sulfide) groups is 1. The van der Waals surface area contributed by atoms with Gasteiger partial charge in [0.15, 0.2) is 0 Å². The third kappa shape index (κ3) is 3.52. The molecule has 2 nitrogen and oxygen atoms in total. The number of nitrogens with one attached hydrogen (secondary N) is 1. The van der Waals surface area contributed by atoms with Gasteiger partial charge in [-0.2, -0.15) is 11.8 Å². The maximum Gasteiger partial charge on any atom is 0.0437 e. The van der Waals surface area contributed by atoms with E-state index in [0.717, 1.165) is 23.7 Å². The van der Waals surface area contributed by atoms with Gasteiger partial charge in [-0.1, -0.05) is 41.9 Å². The molecule has 2 atom stereocenters. The van der Waals surface area contributed by atoms with Crippen LogP contribution >= 0.6 is 23.4 Å². The van der Waals surface area contributed by atoms with Crippen LogP contribution in [0.25, 0.3) is 0 Å². The molecule has 0 radical (unpaired) electrons. The second-order valence-electron chi connectivity index (χ2n) is 5.97. The molecule has 2 aromatic carbocycles. The predicted octanol–water partition coefficient (Wildman–Crippen LogP) is 4.88. The van der Waals surface area contributed by atoms with E-state index in [4.69, 9.17) is 11.6 Å². The quantitative estimate of drug-likeness (QED) is 0.781. The van der Waals surface area contributed by atoms with Gasteiger partial charge < -0.3 is 10.4 Å². The molecule has 0 saturated carbocycles. The smallest absolute Gasteiger partial charge is 0.0437 e. The number of para-hydroxylation sites is 1. The first-order valence-electron chi connectivity index (χ1n) is 7.95. The molecular formula is C19H22ClNOS.